The normalized spacial score (nSPS) is 11.6. The van der Waals surface area contributed by atoms with Crippen LogP contribution in [-0.4, -0.2) is 16.1 Å². The Morgan fingerprint density at radius 3 is 2.68 bits per heavy atom. The van der Waals surface area contributed by atoms with E-state index in [1.54, 1.807) is 30.5 Å². The number of benzene rings is 3. The van der Waals surface area contributed by atoms with Gasteiger partial charge in [-0.05, 0) is 42.0 Å². The van der Waals surface area contributed by atoms with Gasteiger partial charge in [-0.25, -0.2) is 4.98 Å². The maximum absolute atomic E-state index is 10.8. The fourth-order valence-electron chi connectivity index (χ4n) is 2.73. The molecule has 6 nitrogen and oxygen atoms in total. The van der Waals surface area contributed by atoms with Gasteiger partial charge < -0.3 is 4.42 Å². The highest BCUT2D eigenvalue weighted by Crippen LogP contribution is 2.26. The molecular formula is C22H15N3O3. The van der Waals surface area contributed by atoms with Crippen LogP contribution < -0.4 is 0 Å². The molecule has 1 aromatic heterocycles. The minimum Gasteiger partial charge on any atom is -0.436 e. The van der Waals surface area contributed by atoms with Gasteiger partial charge in [0, 0.05) is 23.9 Å². The minimum atomic E-state index is -0.414. The quantitative estimate of drug-likeness (QED) is 0.252. The second-order valence-electron chi connectivity index (χ2n) is 6.03. The van der Waals surface area contributed by atoms with Gasteiger partial charge in [-0.3, -0.25) is 15.1 Å². The van der Waals surface area contributed by atoms with Crippen molar-refractivity contribution in [2.45, 2.75) is 0 Å². The molecular weight excluding hydrogens is 354 g/mol. The number of aromatic nitrogens is 1. The first-order valence-corrected chi connectivity index (χ1v) is 8.60. The van der Waals surface area contributed by atoms with Crippen LogP contribution in [0.2, 0.25) is 0 Å². The summed E-state index contributed by atoms with van der Waals surface area (Å²) in [5.41, 5.74) is 3.89. The third-order valence-corrected chi connectivity index (χ3v) is 4.07. The predicted octanol–water partition coefficient (Wildman–Crippen LogP) is 5.82. The monoisotopic (exact) mass is 369 g/mol. The first-order valence-electron chi connectivity index (χ1n) is 8.60. The van der Waals surface area contributed by atoms with Crippen molar-refractivity contribution < 1.29 is 9.34 Å². The molecule has 0 N–H and O–H groups in total. The molecule has 0 amide bonds. The predicted molar refractivity (Wildman–Crippen MR) is 110 cm³/mol. The molecule has 136 valence electrons. The van der Waals surface area contributed by atoms with Gasteiger partial charge in [0.2, 0.25) is 5.89 Å². The molecule has 0 atom stereocenters. The zero-order chi connectivity index (χ0) is 19.3. The van der Waals surface area contributed by atoms with Crippen LogP contribution in [0.1, 0.15) is 5.56 Å². The number of hydrogen-bond acceptors (Lipinski definition) is 5. The van der Waals surface area contributed by atoms with Crippen molar-refractivity contribution in [1.29, 1.82) is 0 Å². The van der Waals surface area contributed by atoms with Gasteiger partial charge in [-0.15, -0.1) is 0 Å². The summed E-state index contributed by atoms with van der Waals surface area (Å²) in [5, 5.41) is 10.8. The van der Waals surface area contributed by atoms with E-state index in [0.717, 1.165) is 22.3 Å². The average molecular weight is 369 g/mol. The topological polar surface area (TPSA) is 81.5 Å². The highest BCUT2D eigenvalue weighted by molar-refractivity contribution is 5.84. The third kappa shape index (κ3) is 3.86. The van der Waals surface area contributed by atoms with Crippen LogP contribution in [-0.2, 0) is 0 Å². The van der Waals surface area contributed by atoms with Crippen molar-refractivity contribution in [2.24, 2.45) is 4.99 Å². The summed E-state index contributed by atoms with van der Waals surface area (Å²) in [4.78, 5) is 19.3. The number of nitro benzene ring substituents is 1. The lowest BCUT2D eigenvalue weighted by Gasteiger charge is -1.93. The number of oxazole rings is 1. The second-order valence-corrected chi connectivity index (χ2v) is 6.03. The molecule has 0 aliphatic rings. The van der Waals surface area contributed by atoms with Gasteiger partial charge in [0.25, 0.3) is 5.69 Å². The summed E-state index contributed by atoms with van der Waals surface area (Å²) in [7, 11) is 0. The van der Waals surface area contributed by atoms with Crippen LogP contribution in [0.15, 0.2) is 88.3 Å². The van der Waals surface area contributed by atoms with Crippen LogP contribution in [0, 0.1) is 10.1 Å². The molecule has 0 radical (unpaired) electrons. The molecule has 0 spiro atoms. The average Bonchev–Trinajstić information content (AvgIpc) is 3.15. The Kier molecular flexibility index (Phi) is 4.76. The maximum atomic E-state index is 10.8. The number of fused-ring (bicyclic) bond motifs is 1. The molecule has 0 bridgehead atoms. The van der Waals surface area contributed by atoms with Crippen LogP contribution >= 0.6 is 0 Å². The molecule has 0 unspecified atom stereocenters. The fourth-order valence-corrected chi connectivity index (χ4v) is 2.73. The molecule has 0 fully saturated rings. The van der Waals surface area contributed by atoms with E-state index in [4.69, 9.17) is 4.42 Å². The zero-order valence-corrected chi connectivity index (χ0v) is 14.7. The van der Waals surface area contributed by atoms with E-state index in [9.17, 15) is 10.1 Å². The Balaban J connectivity index is 1.51. The van der Waals surface area contributed by atoms with Crippen LogP contribution in [0.4, 0.5) is 11.4 Å². The highest BCUT2D eigenvalue weighted by Gasteiger charge is 2.08. The third-order valence-electron chi connectivity index (χ3n) is 4.07. The first-order chi connectivity index (χ1) is 13.7. The zero-order valence-electron chi connectivity index (χ0n) is 14.7. The van der Waals surface area contributed by atoms with Crippen molar-refractivity contribution in [2.75, 3.05) is 0 Å². The van der Waals surface area contributed by atoms with Gasteiger partial charge in [-0.1, -0.05) is 36.4 Å². The fraction of sp³-hybridized carbons (Fsp3) is 0. The Bertz CT molecular complexity index is 1190. The van der Waals surface area contributed by atoms with Gasteiger partial charge in [-0.2, -0.15) is 0 Å². The molecule has 0 saturated carbocycles. The summed E-state index contributed by atoms with van der Waals surface area (Å²) in [6.45, 7) is 0. The lowest BCUT2D eigenvalue weighted by molar-refractivity contribution is -0.384. The molecule has 0 saturated heterocycles. The number of nitrogens with zero attached hydrogens (tertiary/aromatic N) is 3. The standard InChI is InChI=1S/C22H15N3O3/c26-25(27)19-10-4-6-16(14-19)7-5-13-23-18-11-12-21-20(15-18)24-22(28-21)17-8-2-1-3-9-17/h1-15H. The van der Waals surface area contributed by atoms with E-state index in [1.807, 2.05) is 48.5 Å². The minimum absolute atomic E-state index is 0.0600. The highest BCUT2D eigenvalue weighted by atomic mass is 16.6. The van der Waals surface area contributed by atoms with Crippen molar-refractivity contribution >= 4 is 34.8 Å². The van der Waals surface area contributed by atoms with E-state index < -0.39 is 4.92 Å². The summed E-state index contributed by atoms with van der Waals surface area (Å²) in [6, 6.07) is 21.7. The number of nitro groups is 1. The number of aliphatic imine (C=N–C) groups is 1. The Morgan fingerprint density at radius 1 is 1.00 bits per heavy atom. The number of rotatable bonds is 5. The molecule has 3 aromatic carbocycles. The Labute approximate surface area is 160 Å². The van der Waals surface area contributed by atoms with Crippen molar-refractivity contribution in [1.82, 2.24) is 4.98 Å². The Morgan fingerprint density at radius 2 is 1.86 bits per heavy atom. The number of allylic oxidation sites excluding steroid dienone is 1. The van der Waals surface area contributed by atoms with Gasteiger partial charge in [0.05, 0.1) is 10.6 Å². The number of hydrogen-bond donors (Lipinski definition) is 0. The lowest BCUT2D eigenvalue weighted by Crippen LogP contribution is -1.87. The molecule has 4 rings (SSSR count). The summed E-state index contributed by atoms with van der Waals surface area (Å²) in [5.74, 6) is 0.572. The molecule has 4 aromatic rings. The van der Waals surface area contributed by atoms with Gasteiger partial charge in [0.15, 0.2) is 5.58 Å². The SMILES string of the molecule is O=[N+]([O-])c1cccc(C=CC=Nc2ccc3oc(-c4ccccc4)nc3c2)c1. The molecule has 0 aliphatic carbocycles. The maximum Gasteiger partial charge on any atom is 0.270 e. The van der Waals surface area contributed by atoms with E-state index in [-0.39, 0.29) is 5.69 Å². The van der Waals surface area contributed by atoms with Crippen LogP contribution in [0.5, 0.6) is 0 Å². The van der Waals surface area contributed by atoms with E-state index >= 15 is 0 Å². The summed E-state index contributed by atoms with van der Waals surface area (Å²) < 4.78 is 5.79. The summed E-state index contributed by atoms with van der Waals surface area (Å²) in [6.07, 6.45) is 5.14. The molecule has 1 heterocycles. The lowest BCUT2D eigenvalue weighted by atomic mass is 10.2. The van der Waals surface area contributed by atoms with Crippen LogP contribution in [0.25, 0.3) is 28.6 Å². The van der Waals surface area contributed by atoms with Crippen LogP contribution in [0.3, 0.4) is 0 Å². The van der Waals surface area contributed by atoms with Gasteiger partial charge in [0.1, 0.15) is 5.52 Å². The molecule has 28 heavy (non-hydrogen) atoms. The van der Waals surface area contributed by atoms with E-state index in [0.29, 0.717) is 11.5 Å². The second kappa shape index (κ2) is 7.67. The summed E-state index contributed by atoms with van der Waals surface area (Å²) >= 11 is 0. The Hall–Kier alpha value is -4.06. The number of non-ortho nitro benzene ring substituents is 1. The van der Waals surface area contributed by atoms with Crippen molar-refractivity contribution in [3.8, 4) is 11.5 Å². The van der Waals surface area contributed by atoms with E-state index in [1.165, 1.54) is 12.1 Å². The van der Waals surface area contributed by atoms with Gasteiger partial charge >= 0.3 is 0 Å². The van der Waals surface area contributed by atoms with Crippen molar-refractivity contribution in [3.63, 3.8) is 0 Å². The largest absolute Gasteiger partial charge is 0.436 e. The first kappa shape index (κ1) is 17.4. The van der Waals surface area contributed by atoms with Crippen molar-refractivity contribution in [3.05, 3.63) is 94.6 Å². The smallest absolute Gasteiger partial charge is 0.270 e. The molecule has 6 heteroatoms. The molecule has 0 aliphatic heterocycles. The van der Waals surface area contributed by atoms with E-state index in [2.05, 4.69) is 9.98 Å².